The van der Waals surface area contributed by atoms with Crippen LogP contribution in [0.5, 0.6) is 5.75 Å². The van der Waals surface area contributed by atoms with Crippen LogP contribution in [0.4, 0.5) is 23.7 Å². The molecule has 4 nitrogen and oxygen atoms in total. The van der Waals surface area contributed by atoms with Crippen molar-refractivity contribution >= 4 is 11.7 Å². The van der Waals surface area contributed by atoms with Gasteiger partial charge in [-0.2, -0.15) is 0 Å². The van der Waals surface area contributed by atoms with Gasteiger partial charge in [0.15, 0.2) is 5.75 Å². The van der Waals surface area contributed by atoms with Gasteiger partial charge in [-0.3, -0.25) is 0 Å². The Labute approximate surface area is 131 Å². The van der Waals surface area contributed by atoms with Crippen LogP contribution >= 0.6 is 0 Å². The fraction of sp³-hybridized carbons (Fsp3) is 0.188. The molecule has 2 aromatic rings. The molecule has 2 rings (SSSR count). The van der Waals surface area contributed by atoms with Gasteiger partial charge >= 0.3 is 12.4 Å². The number of carbonyl (C=O) groups is 1. The van der Waals surface area contributed by atoms with Crippen molar-refractivity contribution in [3.05, 3.63) is 60.2 Å². The second-order valence-corrected chi connectivity index (χ2v) is 4.66. The van der Waals surface area contributed by atoms with Gasteiger partial charge < -0.3 is 15.4 Å². The maximum Gasteiger partial charge on any atom is 0.573 e. The van der Waals surface area contributed by atoms with E-state index in [-0.39, 0.29) is 5.69 Å². The quantitative estimate of drug-likeness (QED) is 0.875. The molecule has 122 valence electrons. The van der Waals surface area contributed by atoms with Crippen molar-refractivity contribution in [1.29, 1.82) is 0 Å². The van der Waals surface area contributed by atoms with Crippen molar-refractivity contribution in [1.82, 2.24) is 5.32 Å². The number of hydrogen-bond acceptors (Lipinski definition) is 2. The highest BCUT2D eigenvalue weighted by molar-refractivity contribution is 5.90. The van der Waals surface area contributed by atoms with Gasteiger partial charge in [-0.15, -0.1) is 13.2 Å². The first-order chi connectivity index (χ1) is 10.9. The second kappa shape index (κ2) is 7.53. The minimum atomic E-state index is -4.82. The van der Waals surface area contributed by atoms with Crippen molar-refractivity contribution in [3.63, 3.8) is 0 Å². The van der Waals surface area contributed by atoms with Gasteiger partial charge in [-0.25, -0.2) is 4.79 Å². The highest BCUT2D eigenvalue weighted by Gasteiger charge is 2.32. The lowest BCUT2D eigenvalue weighted by Gasteiger charge is -2.14. The van der Waals surface area contributed by atoms with E-state index in [9.17, 15) is 18.0 Å². The standard InChI is InChI=1S/C16H15F3N2O2/c17-16(18,19)23-14-9-5-4-8-13(14)21-15(22)20-11-10-12-6-2-1-3-7-12/h1-9H,10-11H2,(H2,20,21,22). The molecule has 0 saturated heterocycles. The van der Waals surface area contributed by atoms with E-state index in [1.165, 1.54) is 18.2 Å². The first kappa shape index (κ1) is 16.7. The lowest BCUT2D eigenvalue weighted by Crippen LogP contribution is -2.31. The Kier molecular flexibility index (Phi) is 5.46. The van der Waals surface area contributed by atoms with E-state index in [1.54, 1.807) is 0 Å². The molecule has 0 radical (unpaired) electrons. The monoisotopic (exact) mass is 324 g/mol. The van der Waals surface area contributed by atoms with E-state index in [0.29, 0.717) is 13.0 Å². The largest absolute Gasteiger partial charge is 0.573 e. The summed E-state index contributed by atoms with van der Waals surface area (Å²) in [4.78, 5) is 11.8. The first-order valence-electron chi connectivity index (χ1n) is 6.87. The molecule has 0 atom stereocenters. The zero-order chi connectivity index (χ0) is 16.7. The lowest BCUT2D eigenvalue weighted by molar-refractivity contribution is -0.274. The molecule has 0 aromatic heterocycles. The highest BCUT2D eigenvalue weighted by atomic mass is 19.4. The van der Waals surface area contributed by atoms with Crippen LogP contribution in [0.15, 0.2) is 54.6 Å². The molecule has 2 amide bonds. The van der Waals surface area contributed by atoms with Crippen LogP contribution in [0, 0.1) is 0 Å². The predicted octanol–water partition coefficient (Wildman–Crippen LogP) is 3.95. The Morgan fingerprint density at radius 3 is 2.35 bits per heavy atom. The topological polar surface area (TPSA) is 50.4 Å². The number of nitrogens with one attached hydrogen (secondary N) is 2. The van der Waals surface area contributed by atoms with Crippen molar-refractivity contribution < 1.29 is 22.7 Å². The second-order valence-electron chi connectivity index (χ2n) is 4.66. The SMILES string of the molecule is O=C(NCCc1ccccc1)Nc1ccccc1OC(F)(F)F. The van der Waals surface area contributed by atoms with E-state index in [0.717, 1.165) is 11.6 Å². The van der Waals surface area contributed by atoms with Crippen molar-refractivity contribution in [2.75, 3.05) is 11.9 Å². The zero-order valence-corrected chi connectivity index (χ0v) is 12.1. The number of benzene rings is 2. The molecule has 0 heterocycles. The average molecular weight is 324 g/mol. The van der Waals surface area contributed by atoms with E-state index in [1.807, 2.05) is 30.3 Å². The summed E-state index contributed by atoms with van der Waals surface area (Å²) >= 11 is 0. The lowest BCUT2D eigenvalue weighted by atomic mass is 10.1. The molecule has 0 bridgehead atoms. The number of amides is 2. The summed E-state index contributed by atoms with van der Waals surface area (Å²) < 4.78 is 40.8. The van der Waals surface area contributed by atoms with Crippen molar-refractivity contribution in [2.24, 2.45) is 0 Å². The average Bonchev–Trinajstić information content (AvgIpc) is 2.49. The number of carbonyl (C=O) groups excluding carboxylic acids is 1. The summed E-state index contributed by atoms with van der Waals surface area (Å²) in [6.45, 7) is 0.359. The molecule has 0 aliphatic carbocycles. The normalized spacial score (nSPS) is 10.9. The molecule has 23 heavy (non-hydrogen) atoms. The molecular formula is C16H15F3N2O2. The van der Waals surface area contributed by atoms with Crippen LogP contribution in [-0.2, 0) is 6.42 Å². The maximum atomic E-state index is 12.3. The molecule has 0 saturated carbocycles. The summed E-state index contributed by atoms with van der Waals surface area (Å²) in [5, 5.41) is 4.93. The number of halogens is 3. The third-order valence-corrected chi connectivity index (χ3v) is 2.90. The van der Waals surface area contributed by atoms with Crippen LogP contribution < -0.4 is 15.4 Å². The van der Waals surface area contributed by atoms with Gasteiger partial charge in [0.25, 0.3) is 0 Å². The Bertz CT molecular complexity index is 645. The van der Waals surface area contributed by atoms with Crippen LogP contribution in [0.3, 0.4) is 0 Å². The summed E-state index contributed by atoms with van der Waals surface area (Å²) in [6, 6.07) is 14.3. The Balaban J connectivity index is 1.88. The number of rotatable bonds is 5. The number of urea groups is 1. The number of anilines is 1. The summed E-state index contributed by atoms with van der Waals surface area (Å²) in [6.07, 6.45) is -4.20. The Hall–Kier alpha value is -2.70. The Morgan fingerprint density at radius 2 is 1.65 bits per heavy atom. The van der Waals surface area contributed by atoms with Crippen molar-refractivity contribution in [3.8, 4) is 5.75 Å². The predicted molar refractivity (Wildman–Crippen MR) is 80.3 cm³/mol. The molecule has 2 N–H and O–H groups in total. The van der Waals surface area contributed by atoms with E-state index >= 15 is 0 Å². The van der Waals surface area contributed by atoms with Gasteiger partial charge in [-0.1, -0.05) is 42.5 Å². The van der Waals surface area contributed by atoms with Crippen molar-refractivity contribution in [2.45, 2.75) is 12.8 Å². The molecule has 0 aliphatic heterocycles. The van der Waals surface area contributed by atoms with Gasteiger partial charge in [-0.05, 0) is 24.1 Å². The fourth-order valence-corrected chi connectivity index (χ4v) is 1.92. The van der Waals surface area contributed by atoms with Crippen LogP contribution in [0.2, 0.25) is 0 Å². The van der Waals surface area contributed by atoms with Gasteiger partial charge in [0.1, 0.15) is 0 Å². The molecule has 0 fully saturated rings. The fourth-order valence-electron chi connectivity index (χ4n) is 1.92. The number of para-hydroxylation sites is 2. The molecule has 2 aromatic carbocycles. The van der Waals surface area contributed by atoms with Gasteiger partial charge in [0.2, 0.25) is 0 Å². The number of ether oxygens (including phenoxy) is 1. The van der Waals surface area contributed by atoms with E-state index in [2.05, 4.69) is 15.4 Å². The van der Waals surface area contributed by atoms with E-state index in [4.69, 9.17) is 0 Å². The summed E-state index contributed by atoms with van der Waals surface area (Å²) in [7, 11) is 0. The third-order valence-electron chi connectivity index (χ3n) is 2.90. The minimum Gasteiger partial charge on any atom is -0.404 e. The molecule has 7 heteroatoms. The molecule has 0 aliphatic rings. The molecular weight excluding hydrogens is 309 g/mol. The molecule has 0 spiro atoms. The van der Waals surface area contributed by atoms with Gasteiger partial charge in [0.05, 0.1) is 5.69 Å². The summed E-state index contributed by atoms with van der Waals surface area (Å²) in [5.74, 6) is -0.460. The third kappa shape index (κ3) is 5.90. The maximum absolute atomic E-state index is 12.3. The van der Waals surface area contributed by atoms with Crippen LogP contribution in [0.1, 0.15) is 5.56 Å². The molecule has 0 unspecified atom stereocenters. The van der Waals surface area contributed by atoms with Gasteiger partial charge in [0, 0.05) is 6.54 Å². The minimum absolute atomic E-state index is 0.0537. The zero-order valence-electron chi connectivity index (χ0n) is 12.1. The summed E-state index contributed by atoms with van der Waals surface area (Å²) in [5.41, 5.74) is 0.996. The first-order valence-corrected chi connectivity index (χ1v) is 6.87. The number of alkyl halides is 3. The van der Waals surface area contributed by atoms with Crippen LogP contribution in [0.25, 0.3) is 0 Å². The Morgan fingerprint density at radius 1 is 1.00 bits per heavy atom. The van der Waals surface area contributed by atoms with Crippen LogP contribution in [-0.4, -0.2) is 18.9 Å². The van der Waals surface area contributed by atoms with E-state index < -0.39 is 18.1 Å². The smallest absolute Gasteiger partial charge is 0.404 e. The highest BCUT2D eigenvalue weighted by Crippen LogP contribution is 2.29. The number of hydrogen-bond donors (Lipinski definition) is 2.